The van der Waals surface area contributed by atoms with E-state index in [2.05, 4.69) is 9.97 Å². The molecule has 98 valence electrons. The average Bonchev–Trinajstić information content (AvgIpc) is 2.85. The molecule has 0 spiro atoms. The minimum absolute atomic E-state index is 0.400. The van der Waals surface area contributed by atoms with Crippen molar-refractivity contribution >= 4 is 28.9 Å². The summed E-state index contributed by atoms with van der Waals surface area (Å²) in [4.78, 5) is 8.42. The number of ether oxygens (including phenoxy) is 1. The van der Waals surface area contributed by atoms with Crippen LogP contribution in [-0.4, -0.2) is 9.97 Å². The highest BCUT2D eigenvalue weighted by molar-refractivity contribution is 6.42. The van der Waals surface area contributed by atoms with Gasteiger partial charge in [0.2, 0.25) is 5.88 Å². The molecule has 19 heavy (non-hydrogen) atoms. The van der Waals surface area contributed by atoms with Gasteiger partial charge in [0.1, 0.15) is 6.33 Å². The Hall–Kier alpha value is -1.52. The predicted octanol–water partition coefficient (Wildman–Crippen LogP) is 3.65. The number of nitrogen functional groups attached to an aromatic ring is 1. The van der Waals surface area contributed by atoms with Crippen LogP contribution in [0.4, 0.5) is 5.69 Å². The maximum atomic E-state index is 5.97. The SMILES string of the molecule is Nc1cc(Cl)c(Cl)cc1Oc1ncnc2c1CCC2. The third kappa shape index (κ3) is 2.33. The van der Waals surface area contributed by atoms with Gasteiger partial charge >= 0.3 is 0 Å². The molecule has 1 aromatic heterocycles. The van der Waals surface area contributed by atoms with Gasteiger partial charge in [-0.15, -0.1) is 0 Å². The second-order valence-electron chi connectivity index (χ2n) is 4.36. The summed E-state index contributed by atoms with van der Waals surface area (Å²) >= 11 is 11.9. The molecule has 6 heteroatoms. The van der Waals surface area contributed by atoms with Crippen molar-refractivity contribution in [1.29, 1.82) is 0 Å². The molecule has 0 amide bonds. The van der Waals surface area contributed by atoms with E-state index in [0.717, 1.165) is 30.5 Å². The van der Waals surface area contributed by atoms with Crippen molar-refractivity contribution in [2.75, 3.05) is 5.73 Å². The second kappa shape index (κ2) is 4.87. The fourth-order valence-corrected chi connectivity index (χ4v) is 2.48. The summed E-state index contributed by atoms with van der Waals surface area (Å²) in [5.41, 5.74) is 8.40. The Morgan fingerprint density at radius 3 is 2.74 bits per heavy atom. The lowest BCUT2D eigenvalue weighted by molar-refractivity contribution is 0.457. The second-order valence-corrected chi connectivity index (χ2v) is 5.18. The first-order valence-corrected chi connectivity index (χ1v) is 6.66. The largest absolute Gasteiger partial charge is 0.436 e. The van der Waals surface area contributed by atoms with Gasteiger partial charge in [-0.1, -0.05) is 23.2 Å². The zero-order chi connectivity index (χ0) is 13.4. The summed E-state index contributed by atoms with van der Waals surface area (Å²) in [6.45, 7) is 0. The van der Waals surface area contributed by atoms with Crippen LogP contribution in [-0.2, 0) is 12.8 Å². The van der Waals surface area contributed by atoms with Gasteiger partial charge in [-0.05, 0) is 25.3 Å². The number of aryl methyl sites for hydroxylation is 1. The smallest absolute Gasteiger partial charge is 0.225 e. The van der Waals surface area contributed by atoms with E-state index in [0.29, 0.717) is 27.4 Å². The minimum Gasteiger partial charge on any atom is -0.436 e. The molecular weight excluding hydrogens is 285 g/mol. The third-order valence-electron chi connectivity index (χ3n) is 3.09. The lowest BCUT2D eigenvalue weighted by Crippen LogP contribution is -1.99. The van der Waals surface area contributed by atoms with Gasteiger partial charge < -0.3 is 10.5 Å². The van der Waals surface area contributed by atoms with E-state index in [1.54, 1.807) is 12.1 Å². The fourth-order valence-electron chi connectivity index (χ4n) is 2.15. The van der Waals surface area contributed by atoms with Gasteiger partial charge in [0.25, 0.3) is 0 Å². The number of aromatic nitrogens is 2. The standard InChI is InChI=1S/C13H11Cl2N3O/c14-8-4-10(16)12(5-9(8)15)19-13-7-2-1-3-11(7)17-6-18-13/h4-6H,1-3,16H2. The fraction of sp³-hybridized carbons (Fsp3) is 0.231. The monoisotopic (exact) mass is 295 g/mol. The van der Waals surface area contributed by atoms with Crippen molar-refractivity contribution in [2.45, 2.75) is 19.3 Å². The van der Waals surface area contributed by atoms with Crippen LogP contribution in [0.3, 0.4) is 0 Å². The molecule has 0 unspecified atom stereocenters. The van der Waals surface area contributed by atoms with Crippen LogP contribution in [0.1, 0.15) is 17.7 Å². The number of hydrogen-bond donors (Lipinski definition) is 1. The van der Waals surface area contributed by atoms with E-state index in [1.807, 2.05) is 0 Å². The summed E-state index contributed by atoms with van der Waals surface area (Å²) in [5, 5.41) is 0.802. The number of nitrogens with zero attached hydrogens (tertiary/aromatic N) is 2. The maximum absolute atomic E-state index is 5.97. The van der Waals surface area contributed by atoms with Crippen molar-refractivity contribution in [3.05, 3.63) is 39.8 Å². The van der Waals surface area contributed by atoms with E-state index in [4.69, 9.17) is 33.7 Å². The molecule has 2 aromatic rings. The van der Waals surface area contributed by atoms with E-state index in [1.165, 1.54) is 6.33 Å². The molecule has 1 aliphatic rings. The summed E-state index contributed by atoms with van der Waals surface area (Å²) < 4.78 is 5.77. The van der Waals surface area contributed by atoms with Crippen molar-refractivity contribution < 1.29 is 4.74 Å². The van der Waals surface area contributed by atoms with Crippen LogP contribution < -0.4 is 10.5 Å². The van der Waals surface area contributed by atoms with E-state index in [-0.39, 0.29) is 0 Å². The number of halogens is 2. The average molecular weight is 296 g/mol. The highest BCUT2D eigenvalue weighted by atomic mass is 35.5. The van der Waals surface area contributed by atoms with Gasteiger partial charge in [0.05, 0.1) is 21.4 Å². The molecule has 0 fully saturated rings. The van der Waals surface area contributed by atoms with Crippen LogP contribution in [0.15, 0.2) is 18.5 Å². The summed E-state index contributed by atoms with van der Waals surface area (Å²) in [7, 11) is 0. The first kappa shape index (κ1) is 12.5. The summed E-state index contributed by atoms with van der Waals surface area (Å²) in [6, 6.07) is 3.17. The highest BCUT2D eigenvalue weighted by Crippen LogP contribution is 2.36. The molecule has 1 heterocycles. The Bertz CT molecular complexity index is 646. The molecule has 3 rings (SSSR count). The number of hydrogen-bond acceptors (Lipinski definition) is 4. The molecule has 1 aromatic carbocycles. The lowest BCUT2D eigenvalue weighted by atomic mass is 10.2. The molecule has 0 aliphatic heterocycles. The van der Waals surface area contributed by atoms with Crippen LogP contribution in [0.25, 0.3) is 0 Å². The molecule has 0 atom stereocenters. The third-order valence-corrected chi connectivity index (χ3v) is 3.82. The van der Waals surface area contributed by atoms with E-state index < -0.39 is 0 Å². The molecule has 0 radical (unpaired) electrons. The first-order valence-electron chi connectivity index (χ1n) is 5.90. The topological polar surface area (TPSA) is 61.0 Å². The number of anilines is 1. The van der Waals surface area contributed by atoms with Crippen molar-refractivity contribution in [2.24, 2.45) is 0 Å². The predicted molar refractivity (Wildman–Crippen MR) is 75.0 cm³/mol. The highest BCUT2D eigenvalue weighted by Gasteiger charge is 2.19. The van der Waals surface area contributed by atoms with Crippen LogP contribution >= 0.6 is 23.2 Å². The molecule has 4 nitrogen and oxygen atoms in total. The van der Waals surface area contributed by atoms with Gasteiger partial charge in [-0.25, -0.2) is 9.97 Å². The first-order chi connectivity index (χ1) is 9.15. The van der Waals surface area contributed by atoms with Crippen molar-refractivity contribution in [3.63, 3.8) is 0 Å². The number of rotatable bonds is 2. The Morgan fingerprint density at radius 2 is 1.89 bits per heavy atom. The Kier molecular flexibility index (Phi) is 3.21. The Labute approximate surface area is 120 Å². The van der Waals surface area contributed by atoms with E-state index in [9.17, 15) is 0 Å². The summed E-state index contributed by atoms with van der Waals surface area (Å²) in [5.74, 6) is 1.01. The van der Waals surface area contributed by atoms with Gasteiger partial charge in [-0.3, -0.25) is 0 Å². The van der Waals surface area contributed by atoms with Crippen LogP contribution in [0.5, 0.6) is 11.6 Å². The quantitative estimate of drug-likeness (QED) is 0.859. The van der Waals surface area contributed by atoms with E-state index >= 15 is 0 Å². The number of fused-ring (bicyclic) bond motifs is 1. The normalized spacial score (nSPS) is 13.4. The lowest BCUT2D eigenvalue weighted by Gasteiger charge is -2.11. The molecule has 0 bridgehead atoms. The minimum atomic E-state index is 0.400. The summed E-state index contributed by atoms with van der Waals surface area (Å²) in [6.07, 6.45) is 4.46. The zero-order valence-electron chi connectivity index (χ0n) is 9.99. The molecule has 2 N–H and O–H groups in total. The molecular formula is C13H11Cl2N3O. The van der Waals surface area contributed by atoms with Crippen molar-refractivity contribution in [1.82, 2.24) is 9.97 Å². The molecule has 0 saturated heterocycles. The molecule has 0 saturated carbocycles. The number of nitrogens with two attached hydrogens (primary N) is 1. The van der Waals surface area contributed by atoms with Gasteiger partial charge in [0, 0.05) is 11.6 Å². The maximum Gasteiger partial charge on any atom is 0.225 e. The number of benzene rings is 1. The van der Waals surface area contributed by atoms with Crippen LogP contribution in [0.2, 0.25) is 10.0 Å². The van der Waals surface area contributed by atoms with Gasteiger partial charge in [0.15, 0.2) is 5.75 Å². The Morgan fingerprint density at radius 1 is 1.11 bits per heavy atom. The van der Waals surface area contributed by atoms with Crippen molar-refractivity contribution in [3.8, 4) is 11.6 Å². The van der Waals surface area contributed by atoms with Gasteiger partial charge in [-0.2, -0.15) is 0 Å². The van der Waals surface area contributed by atoms with Crippen LogP contribution in [0, 0.1) is 0 Å². The molecule has 1 aliphatic carbocycles. The zero-order valence-corrected chi connectivity index (χ0v) is 11.5. The Balaban J connectivity index is 1.98.